The molecule has 2 aromatic rings. The van der Waals surface area contributed by atoms with Gasteiger partial charge in [0.2, 0.25) is 5.91 Å². The van der Waals surface area contributed by atoms with E-state index in [4.69, 9.17) is 42.2 Å². The molecule has 0 atom stereocenters. The maximum absolute atomic E-state index is 14.1. The minimum Gasteiger partial charge on any atom is -0.497 e. The van der Waals surface area contributed by atoms with E-state index in [1.165, 1.54) is 33.3 Å². The molecule has 0 bridgehead atoms. The predicted octanol–water partition coefficient (Wildman–Crippen LogP) is 5.21. The lowest BCUT2D eigenvalue weighted by Crippen LogP contribution is -2.34. The van der Waals surface area contributed by atoms with Crippen LogP contribution in [0.25, 0.3) is 0 Å². The van der Waals surface area contributed by atoms with Gasteiger partial charge in [-0.15, -0.1) is 6.58 Å². The van der Waals surface area contributed by atoms with Crippen LogP contribution in [0.15, 0.2) is 36.9 Å². The van der Waals surface area contributed by atoms with Crippen LogP contribution >= 0.6 is 7.60 Å². The van der Waals surface area contributed by atoms with Gasteiger partial charge >= 0.3 is 7.60 Å². The standard InChI is InChI=1S/C29H42NO11P/c1-9-12-23-28(39-20-34-5)24(16-26(29(23)37-8)38-19-33-4)30(27(31)18-42(32,40-10-2)41-11-3)17-21-13-14-22(35-6)15-25(21)36-7/h9,13-16H,1,10-12,17-20H2,2-8H3. The topological polar surface area (TPSA) is 120 Å². The molecule has 0 N–H and O–H groups in total. The van der Waals surface area contributed by atoms with Gasteiger partial charge in [-0.3, -0.25) is 9.36 Å². The highest BCUT2D eigenvalue weighted by molar-refractivity contribution is 7.54. The summed E-state index contributed by atoms with van der Waals surface area (Å²) in [5, 5.41) is 0. The van der Waals surface area contributed by atoms with Gasteiger partial charge in [-0.05, 0) is 32.4 Å². The molecule has 1 amide bonds. The van der Waals surface area contributed by atoms with Gasteiger partial charge < -0.3 is 47.1 Å². The van der Waals surface area contributed by atoms with Crippen molar-refractivity contribution in [3.63, 3.8) is 0 Å². The number of nitrogens with zero attached hydrogens (tertiary/aromatic N) is 1. The summed E-state index contributed by atoms with van der Waals surface area (Å²) in [5.41, 5.74) is 1.47. The number of hydrogen-bond donors (Lipinski definition) is 0. The van der Waals surface area contributed by atoms with Crippen LogP contribution in [0.5, 0.6) is 28.7 Å². The Balaban J connectivity index is 2.87. The Bertz CT molecular complexity index is 1210. The van der Waals surface area contributed by atoms with Crippen LogP contribution in [-0.2, 0) is 40.8 Å². The van der Waals surface area contributed by atoms with Crippen LogP contribution in [0, 0.1) is 0 Å². The Morgan fingerprint density at radius 3 is 2.10 bits per heavy atom. The molecule has 0 spiro atoms. The van der Waals surface area contributed by atoms with Gasteiger partial charge in [0.05, 0.1) is 46.8 Å². The largest absolute Gasteiger partial charge is 0.497 e. The smallest absolute Gasteiger partial charge is 0.340 e. The van der Waals surface area contributed by atoms with Crippen LogP contribution in [0.3, 0.4) is 0 Å². The second-order valence-corrected chi connectivity index (χ2v) is 10.6. The molecule has 42 heavy (non-hydrogen) atoms. The third-order valence-corrected chi connectivity index (χ3v) is 7.83. The van der Waals surface area contributed by atoms with Crippen molar-refractivity contribution >= 4 is 19.2 Å². The molecular formula is C29H42NO11P. The fourth-order valence-corrected chi connectivity index (χ4v) is 5.70. The number of ether oxygens (including phenoxy) is 7. The molecule has 0 saturated heterocycles. The Labute approximate surface area is 247 Å². The summed E-state index contributed by atoms with van der Waals surface area (Å²) in [5.74, 6) is 1.41. The Hall–Kier alpha value is -3.28. The molecule has 0 aliphatic heterocycles. The first-order valence-corrected chi connectivity index (χ1v) is 15.0. The Morgan fingerprint density at radius 2 is 1.55 bits per heavy atom. The minimum atomic E-state index is -3.79. The maximum atomic E-state index is 14.1. The van der Waals surface area contributed by atoms with Gasteiger partial charge in [-0.2, -0.15) is 0 Å². The van der Waals surface area contributed by atoms with Gasteiger partial charge in [-0.1, -0.05) is 6.08 Å². The SMILES string of the molecule is C=CCc1c(OC)c(OCOC)cc(N(Cc2ccc(OC)cc2OC)C(=O)CP(=O)(OCC)OCC)c1OCOC. The molecular weight excluding hydrogens is 569 g/mol. The first-order chi connectivity index (χ1) is 20.3. The minimum absolute atomic E-state index is 0.0167. The van der Waals surface area contributed by atoms with Crippen LogP contribution in [0.4, 0.5) is 5.69 Å². The van der Waals surface area contributed by atoms with Crippen molar-refractivity contribution in [1.82, 2.24) is 0 Å². The molecule has 0 saturated carbocycles. The number of carbonyl (C=O) groups excluding carboxylic acids is 1. The molecule has 0 aliphatic carbocycles. The summed E-state index contributed by atoms with van der Waals surface area (Å²) in [6.45, 7) is 7.17. The number of amides is 1. The summed E-state index contributed by atoms with van der Waals surface area (Å²) in [7, 11) is 3.72. The van der Waals surface area contributed by atoms with Gasteiger partial charge in [0, 0.05) is 37.5 Å². The van der Waals surface area contributed by atoms with Crippen molar-refractivity contribution in [2.24, 2.45) is 0 Å². The highest BCUT2D eigenvalue weighted by atomic mass is 31.2. The van der Waals surface area contributed by atoms with Gasteiger partial charge in [0.25, 0.3) is 0 Å². The zero-order valence-electron chi connectivity index (χ0n) is 25.4. The highest BCUT2D eigenvalue weighted by Crippen LogP contribution is 2.50. The summed E-state index contributed by atoms with van der Waals surface area (Å²) in [4.78, 5) is 15.5. The van der Waals surface area contributed by atoms with Crippen molar-refractivity contribution in [1.29, 1.82) is 0 Å². The Kier molecular flexibility index (Phi) is 14.7. The van der Waals surface area contributed by atoms with E-state index in [0.717, 1.165) is 0 Å². The van der Waals surface area contributed by atoms with E-state index >= 15 is 0 Å². The first-order valence-electron chi connectivity index (χ1n) is 13.2. The number of hydrogen-bond acceptors (Lipinski definition) is 11. The lowest BCUT2D eigenvalue weighted by atomic mass is 10.0. The molecule has 0 unspecified atom stereocenters. The molecule has 12 nitrogen and oxygen atoms in total. The fraction of sp³-hybridized carbons (Fsp3) is 0.483. The molecule has 2 aromatic carbocycles. The molecule has 0 radical (unpaired) electrons. The van der Waals surface area contributed by atoms with E-state index in [9.17, 15) is 9.36 Å². The van der Waals surface area contributed by atoms with Crippen molar-refractivity contribution in [2.75, 3.05) is 73.4 Å². The molecule has 2 rings (SSSR count). The molecule has 234 valence electrons. The third kappa shape index (κ3) is 9.11. The normalized spacial score (nSPS) is 11.1. The van der Waals surface area contributed by atoms with E-state index in [1.54, 1.807) is 51.3 Å². The summed E-state index contributed by atoms with van der Waals surface area (Å²) in [6, 6.07) is 6.82. The predicted molar refractivity (Wildman–Crippen MR) is 158 cm³/mol. The van der Waals surface area contributed by atoms with Crippen LogP contribution in [0.2, 0.25) is 0 Å². The van der Waals surface area contributed by atoms with Gasteiger partial charge in [0.15, 0.2) is 30.8 Å². The zero-order chi connectivity index (χ0) is 31.1. The zero-order valence-corrected chi connectivity index (χ0v) is 26.3. The number of rotatable bonds is 20. The average Bonchev–Trinajstić information content (AvgIpc) is 2.98. The highest BCUT2D eigenvalue weighted by Gasteiger charge is 2.34. The number of methoxy groups -OCH3 is 5. The third-order valence-electron chi connectivity index (χ3n) is 5.87. The number of benzene rings is 2. The number of carbonyl (C=O) groups is 1. The van der Waals surface area contributed by atoms with Gasteiger partial charge in [0.1, 0.15) is 17.7 Å². The summed E-state index contributed by atoms with van der Waals surface area (Å²) in [6.07, 6.45) is 1.43. The fourth-order valence-electron chi connectivity index (χ4n) is 4.16. The van der Waals surface area contributed by atoms with E-state index < -0.39 is 19.7 Å². The molecule has 0 aliphatic rings. The molecule has 13 heteroatoms. The quantitative estimate of drug-likeness (QED) is 0.112. The molecule has 0 fully saturated rings. The first kappa shape index (κ1) is 34.9. The molecule has 0 heterocycles. The van der Waals surface area contributed by atoms with Crippen molar-refractivity contribution in [3.8, 4) is 28.7 Å². The van der Waals surface area contributed by atoms with Crippen LogP contribution in [0.1, 0.15) is 25.0 Å². The second-order valence-electron chi connectivity index (χ2n) is 8.59. The Morgan fingerprint density at radius 1 is 0.881 bits per heavy atom. The van der Waals surface area contributed by atoms with Crippen molar-refractivity contribution in [3.05, 3.63) is 48.0 Å². The van der Waals surface area contributed by atoms with Gasteiger partial charge in [-0.25, -0.2) is 0 Å². The summed E-state index contributed by atoms with van der Waals surface area (Å²) < 4.78 is 63.2. The lowest BCUT2D eigenvalue weighted by Gasteiger charge is -2.30. The van der Waals surface area contributed by atoms with Crippen molar-refractivity contribution in [2.45, 2.75) is 26.8 Å². The second kappa shape index (κ2) is 17.6. The molecule has 0 aromatic heterocycles. The summed E-state index contributed by atoms with van der Waals surface area (Å²) >= 11 is 0. The van der Waals surface area contributed by atoms with Crippen molar-refractivity contribution < 1.29 is 51.6 Å². The maximum Gasteiger partial charge on any atom is 0.340 e. The van der Waals surface area contributed by atoms with Crippen LogP contribution in [-0.4, -0.2) is 74.4 Å². The monoisotopic (exact) mass is 611 g/mol. The number of allylic oxidation sites excluding steroid dienone is 1. The van der Waals surface area contributed by atoms with E-state index in [1.807, 2.05) is 0 Å². The number of anilines is 1. The van der Waals surface area contributed by atoms with E-state index in [-0.39, 0.29) is 44.8 Å². The van der Waals surface area contributed by atoms with Crippen LogP contribution < -0.4 is 28.6 Å². The van der Waals surface area contributed by atoms with E-state index in [0.29, 0.717) is 40.5 Å². The van der Waals surface area contributed by atoms with E-state index in [2.05, 4.69) is 6.58 Å². The lowest BCUT2D eigenvalue weighted by molar-refractivity contribution is -0.116. The average molecular weight is 612 g/mol.